The zero-order valence-electron chi connectivity index (χ0n) is 9.52. The van der Waals surface area contributed by atoms with Gasteiger partial charge in [0.05, 0.1) is 0 Å². The monoisotopic (exact) mass is 192 g/mol. The molecule has 0 saturated heterocycles. The summed E-state index contributed by atoms with van der Waals surface area (Å²) < 4.78 is 0. The number of Topliss-reactive ketones (excluding diaryl/α,β-unsaturated/α-hetero) is 1. The van der Waals surface area contributed by atoms with Crippen LogP contribution in [0.25, 0.3) is 0 Å². The van der Waals surface area contributed by atoms with Gasteiger partial charge in [0.15, 0.2) is 5.78 Å². The van der Waals surface area contributed by atoms with E-state index in [1.807, 2.05) is 0 Å². The van der Waals surface area contributed by atoms with Gasteiger partial charge in [0.1, 0.15) is 0 Å². The van der Waals surface area contributed by atoms with Crippen molar-refractivity contribution in [2.75, 3.05) is 0 Å². The van der Waals surface area contributed by atoms with Crippen LogP contribution in [-0.4, -0.2) is 5.78 Å². The summed E-state index contributed by atoms with van der Waals surface area (Å²) in [6.45, 7) is 10.3. The molecule has 0 aliphatic heterocycles. The average Bonchev–Trinajstić information content (AvgIpc) is 2.08. The van der Waals surface area contributed by atoms with Gasteiger partial charge in [0.2, 0.25) is 0 Å². The first kappa shape index (κ1) is 11.2. The Bertz CT molecular complexity index is 282. The third kappa shape index (κ3) is 2.57. The zero-order valence-corrected chi connectivity index (χ0v) is 9.52. The SMILES string of the molecule is C=C1CC(C)(C)C=C(CCCC)C1=O. The molecule has 1 aliphatic rings. The van der Waals surface area contributed by atoms with Crippen molar-refractivity contribution in [3.8, 4) is 0 Å². The first-order valence-corrected chi connectivity index (χ1v) is 5.40. The molecule has 0 atom stereocenters. The van der Waals surface area contributed by atoms with Crippen molar-refractivity contribution >= 4 is 5.78 Å². The topological polar surface area (TPSA) is 17.1 Å². The normalized spacial score (nSPS) is 20.9. The number of allylic oxidation sites excluding steroid dienone is 3. The molecule has 1 heteroatoms. The summed E-state index contributed by atoms with van der Waals surface area (Å²) in [7, 11) is 0. The highest BCUT2D eigenvalue weighted by Gasteiger charge is 2.28. The lowest BCUT2D eigenvalue weighted by Crippen LogP contribution is -2.22. The van der Waals surface area contributed by atoms with Crippen LogP contribution >= 0.6 is 0 Å². The maximum atomic E-state index is 11.8. The lowest BCUT2D eigenvalue weighted by Gasteiger charge is -2.28. The summed E-state index contributed by atoms with van der Waals surface area (Å²) in [5.74, 6) is 0.192. The lowest BCUT2D eigenvalue weighted by molar-refractivity contribution is -0.113. The van der Waals surface area contributed by atoms with Gasteiger partial charge in [0, 0.05) is 0 Å². The van der Waals surface area contributed by atoms with E-state index in [0.717, 1.165) is 36.8 Å². The first-order valence-electron chi connectivity index (χ1n) is 5.40. The Kier molecular flexibility index (Phi) is 3.30. The standard InChI is InChI=1S/C13H20O/c1-5-6-7-11-9-13(3,4)8-10(2)12(11)14/h9H,2,5-8H2,1,3-4H3. The van der Waals surface area contributed by atoms with E-state index in [1.54, 1.807) is 0 Å². The molecule has 0 heterocycles. The molecule has 1 aliphatic carbocycles. The maximum Gasteiger partial charge on any atom is 0.184 e. The Morgan fingerprint density at radius 2 is 2.14 bits per heavy atom. The molecule has 1 nitrogen and oxygen atoms in total. The average molecular weight is 192 g/mol. The fourth-order valence-corrected chi connectivity index (χ4v) is 2.00. The van der Waals surface area contributed by atoms with E-state index in [2.05, 4.69) is 33.4 Å². The van der Waals surface area contributed by atoms with E-state index in [0.29, 0.717) is 0 Å². The van der Waals surface area contributed by atoms with Crippen LogP contribution in [0.2, 0.25) is 0 Å². The highest BCUT2D eigenvalue weighted by molar-refractivity contribution is 6.08. The van der Waals surface area contributed by atoms with Crippen molar-refractivity contribution in [1.29, 1.82) is 0 Å². The minimum Gasteiger partial charge on any atom is -0.289 e. The summed E-state index contributed by atoms with van der Waals surface area (Å²) >= 11 is 0. The zero-order chi connectivity index (χ0) is 10.8. The molecule has 0 saturated carbocycles. The van der Waals surface area contributed by atoms with E-state index < -0.39 is 0 Å². The van der Waals surface area contributed by atoms with Gasteiger partial charge in [-0.1, -0.05) is 39.8 Å². The van der Waals surface area contributed by atoms with Crippen molar-refractivity contribution in [3.63, 3.8) is 0 Å². The molecule has 0 spiro atoms. The predicted molar refractivity (Wildman–Crippen MR) is 60.2 cm³/mol. The third-order valence-electron chi connectivity index (χ3n) is 2.65. The van der Waals surface area contributed by atoms with Crippen LogP contribution in [0.1, 0.15) is 46.5 Å². The van der Waals surface area contributed by atoms with Crippen LogP contribution in [0.4, 0.5) is 0 Å². The number of hydrogen-bond donors (Lipinski definition) is 0. The van der Waals surface area contributed by atoms with E-state index in [4.69, 9.17) is 0 Å². The molecule has 0 fully saturated rings. The highest BCUT2D eigenvalue weighted by Crippen LogP contribution is 2.35. The molecule has 14 heavy (non-hydrogen) atoms. The third-order valence-corrected chi connectivity index (χ3v) is 2.65. The number of carbonyl (C=O) groups excluding carboxylic acids is 1. The minimum absolute atomic E-state index is 0.119. The Morgan fingerprint density at radius 1 is 1.50 bits per heavy atom. The van der Waals surface area contributed by atoms with Crippen LogP contribution in [-0.2, 0) is 4.79 Å². The molecule has 0 radical (unpaired) electrons. The van der Waals surface area contributed by atoms with Crippen molar-refractivity contribution in [2.45, 2.75) is 46.5 Å². The van der Waals surface area contributed by atoms with Gasteiger partial charge in [-0.05, 0) is 35.8 Å². The van der Waals surface area contributed by atoms with Crippen LogP contribution in [0.3, 0.4) is 0 Å². The second kappa shape index (κ2) is 4.12. The van der Waals surface area contributed by atoms with Crippen molar-refractivity contribution in [1.82, 2.24) is 0 Å². The largest absolute Gasteiger partial charge is 0.289 e. The second-order valence-corrected chi connectivity index (χ2v) is 4.87. The fourth-order valence-electron chi connectivity index (χ4n) is 2.00. The van der Waals surface area contributed by atoms with Crippen LogP contribution in [0, 0.1) is 5.41 Å². The van der Waals surface area contributed by atoms with E-state index in [9.17, 15) is 4.79 Å². The molecule has 0 aromatic heterocycles. The van der Waals surface area contributed by atoms with Crippen LogP contribution < -0.4 is 0 Å². The van der Waals surface area contributed by atoms with E-state index in [-0.39, 0.29) is 11.2 Å². The molecule has 78 valence electrons. The smallest absolute Gasteiger partial charge is 0.184 e. The van der Waals surface area contributed by atoms with E-state index >= 15 is 0 Å². The number of carbonyl (C=O) groups is 1. The molecule has 0 amide bonds. The van der Waals surface area contributed by atoms with Crippen molar-refractivity contribution < 1.29 is 4.79 Å². The molecule has 0 bridgehead atoms. The van der Waals surface area contributed by atoms with Crippen LogP contribution in [0.5, 0.6) is 0 Å². The lowest BCUT2D eigenvalue weighted by atomic mass is 9.76. The highest BCUT2D eigenvalue weighted by atomic mass is 16.1. The number of unbranched alkanes of at least 4 members (excludes halogenated alkanes) is 1. The van der Waals surface area contributed by atoms with E-state index in [1.165, 1.54) is 0 Å². The molecule has 0 aromatic rings. The molecular weight excluding hydrogens is 172 g/mol. The first-order chi connectivity index (χ1) is 6.46. The summed E-state index contributed by atoms with van der Waals surface area (Å²) in [6.07, 6.45) is 6.09. The van der Waals surface area contributed by atoms with Gasteiger partial charge >= 0.3 is 0 Å². The summed E-state index contributed by atoms with van der Waals surface area (Å²) in [5, 5.41) is 0. The van der Waals surface area contributed by atoms with Gasteiger partial charge in [-0.2, -0.15) is 0 Å². The number of ketones is 1. The van der Waals surface area contributed by atoms with Gasteiger partial charge < -0.3 is 0 Å². The summed E-state index contributed by atoms with van der Waals surface area (Å²) in [4.78, 5) is 11.8. The van der Waals surface area contributed by atoms with Gasteiger partial charge in [-0.25, -0.2) is 0 Å². The second-order valence-electron chi connectivity index (χ2n) is 4.87. The van der Waals surface area contributed by atoms with Crippen LogP contribution in [0.15, 0.2) is 23.8 Å². The quantitative estimate of drug-likeness (QED) is 0.624. The minimum atomic E-state index is 0.119. The Morgan fingerprint density at radius 3 is 2.71 bits per heavy atom. The Hall–Kier alpha value is -0.850. The molecular formula is C13H20O. The molecule has 0 unspecified atom stereocenters. The van der Waals surface area contributed by atoms with Gasteiger partial charge in [-0.15, -0.1) is 0 Å². The van der Waals surface area contributed by atoms with Gasteiger partial charge in [0.25, 0.3) is 0 Å². The molecule has 0 N–H and O–H groups in total. The van der Waals surface area contributed by atoms with Gasteiger partial charge in [-0.3, -0.25) is 4.79 Å². The number of rotatable bonds is 3. The number of hydrogen-bond acceptors (Lipinski definition) is 1. The molecule has 0 aromatic carbocycles. The predicted octanol–water partition coefficient (Wildman–Crippen LogP) is 3.66. The summed E-state index contributed by atoms with van der Waals surface area (Å²) in [6, 6.07) is 0. The van der Waals surface area contributed by atoms with Crippen molar-refractivity contribution in [2.24, 2.45) is 5.41 Å². The molecule has 1 rings (SSSR count). The fraction of sp³-hybridized carbons (Fsp3) is 0.615. The summed E-state index contributed by atoms with van der Waals surface area (Å²) in [5.41, 5.74) is 1.88. The Balaban J connectivity index is 2.83. The maximum absolute atomic E-state index is 11.8. The van der Waals surface area contributed by atoms with Crippen molar-refractivity contribution in [3.05, 3.63) is 23.8 Å². The Labute approximate surface area is 86.9 Å².